The number of carbonyl (C=O) groups excluding carboxylic acids is 1. The monoisotopic (exact) mass is 817 g/mol. The normalized spacial score (nSPS) is 11.4. The summed E-state index contributed by atoms with van der Waals surface area (Å²) in [6.07, 6.45) is 69.0. The van der Waals surface area contributed by atoms with Gasteiger partial charge in [-0.3, -0.25) is 9.59 Å². The fraction of sp³-hybridized carbons (Fsp3) is 0.926. The van der Waals surface area contributed by atoms with Crippen LogP contribution >= 0.6 is 0 Å². The van der Waals surface area contributed by atoms with Crippen molar-refractivity contribution in [2.75, 3.05) is 0 Å². The Labute approximate surface area is 364 Å². The largest absolute Gasteiger partial charge is 0.481 e. The molecule has 0 fully saturated rings. The number of ether oxygens (including phenoxy) is 1. The fourth-order valence-electron chi connectivity index (χ4n) is 8.83. The van der Waals surface area contributed by atoms with Crippen molar-refractivity contribution in [3.05, 3.63) is 12.8 Å². The lowest BCUT2D eigenvalue weighted by atomic mass is 10.0. The molecule has 0 aliphatic heterocycles. The summed E-state index contributed by atoms with van der Waals surface area (Å²) >= 11 is 0. The molecule has 0 aromatic carbocycles. The van der Waals surface area contributed by atoms with E-state index in [2.05, 4.69) is 6.58 Å². The smallest absolute Gasteiger partial charge is 0.310 e. The molecule has 0 rings (SSSR count). The van der Waals surface area contributed by atoms with E-state index in [1.54, 1.807) is 0 Å². The summed E-state index contributed by atoms with van der Waals surface area (Å²) in [5.74, 6) is -0.793. The summed E-state index contributed by atoms with van der Waals surface area (Å²) < 4.78 is 4.75. The summed E-state index contributed by atoms with van der Waals surface area (Å²) in [4.78, 5) is 21.8. The van der Waals surface area contributed by atoms with Gasteiger partial charge in [0, 0.05) is 12.8 Å². The van der Waals surface area contributed by atoms with Crippen molar-refractivity contribution in [3.8, 4) is 0 Å². The summed E-state index contributed by atoms with van der Waals surface area (Å²) in [5, 5.41) is 8.67. The van der Waals surface area contributed by atoms with Gasteiger partial charge in [0.2, 0.25) is 0 Å². The first kappa shape index (κ1) is 56.7. The van der Waals surface area contributed by atoms with Crippen molar-refractivity contribution in [2.45, 2.75) is 321 Å². The first-order valence-corrected chi connectivity index (χ1v) is 26.7. The number of rotatable bonds is 52. The van der Waals surface area contributed by atoms with Gasteiger partial charge in [-0.1, -0.05) is 302 Å². The summed E-state index contributed by atoms with van der Waals surface area (Å²) in [5.41, 5.74) is 0. The van der Waals surface area contributed by atoms with Gasteiger partial charge in [0.1, 0.15) is 0 Å². The second-order valence-corrected chi connectivity index (χ2v) is 18.5. The van der Waals surface area contributed by atoms with Crippen LogP contribution in [0.15, 0.2) is 12.8 Å². The summed E-state index contributed by atoms with van der Waals surface area (Å²) in [6, 6.07) is 0. The van der Waals surface area contributed by atoms with Crippen LogP contribution in [0, 0.1) is 0 Å². The van der Waals surface area contributed by atoms with Crippen LogP contribution < -0.4 is 0 Å². The molecule has 4 nitrogen and oxygen atoms in total. The maximum Gasteiger partial charge on any atom is 0.310 e. The Hall–Kier alpha value is -1.32. The zero-order valence-corrected chi connectivity index (χ0v) is 39.3. The highest BCUT2D eigenvalue weighted by atomic mass is 16.5. The number of hydrogen-bond donors (Lipinski definition) is 1. The Bertz CT molecular complexity index is 809. The van der Waals surface area contributed by atoms with E-state index in [4.69, 9.17) is 9.84 Å². The lowest BCUT2D eigenvalue weighted by Gasteiger charge is -2.05. The van der Waals surface area contributed by atoms with E-state index in [1.165, 1.54) is 289 Å². The van der Waals surface area contributed by atoms with E-state index in [9.17, 15) is 9.59 Å². The number of carboxylic acids is 1. The molecule has 0 aliphatic rings. The molecule has 1 N–H and O–H groups in total. The van der Waals surface area contributed by atoms with Gasteiger partial charge in [0.05, 0.1) is 6.26 Å². The second kappa shape index (κ2) is 51.8. The minimum Gasteiger partial charge on any atom is -0.481 e. The predicted octanol–water partition coefficient (Wildman–Crippen LogP) is 19.3. The van der Waals surface area contributed by atoms with Crippen LogP contribution in [-0.4, -0.2) is 17.0 Å². The van der Waals surface area contributed by atoms with Crippen molar-refractivity contribution >= 4 is 11.9 Å². The van der Waals surface area contributed by atoms with Crippen LogP contribution in [0.25, 0.3) is 0 Å². The minimum absolute atomic E-state index is 0.145. The quantitative estimate of drug-likeness (QED) is 0.0377. The molecule has 0 aromatic heterocycles. The first-order valence-electron chi connectivity index (χ1n) is 26.7. The summed E-state index contributed by atoms with van der Waals surface area (Å²) in [6.45, 7) is 3.42. The maximum absolute atomic E-state index is 11.3. The molecule has 0 aliphatic carbocycles. The van der Waals surface area contributed by atoms with E-state index in [-0.39, 0.29) is 5.97 Å². The Morgan fingerprint density at radius 1 is 0.276 bits per heavy atom. The minimum atomic E-state index is -0.649. The highest BCUT2D eigenvalue weighted by molar-refractivity contribution is 5.69. The van der Waals surface area contributed by atoms with Crippen LogP contribution in [0.2, 0.25) is 0 Å². The second-order valence-electron chi connectivity index (χ2n) is 18.5. The Morgan fingerprint density at radius 3 is 0.552 bits per heavy atom. The van der Waals surface area contributed by atoms with Gasteiger partial charge in [-0.15, -0.1) is 0 Å². The average molecular weight is 817 g/mol. The van der Waals surface area contributed by atoms with Gasteiger partial charge in [-0.05, 0) is 12.8 Å². The Kier molecular flexibility index (Phi) is 50.6. The molecule has 344 valence electrons. The highest BCUT2D eigenvalue weighted by Gasteiger charge is 2.02. The molecule has 58 heavy (non-hydrogen) atoms. The number of carboxylic acid groups (broad SMARTS) is 1. The molecule has 4 heteroatoms. The molecule has 0 saturated carbocycles. The van der Waals surface area contributed by atoms with Crippen LogP contribution in [-0.2, 0) is 14.3 Å². The maximum atomic E-state index is 11.3. The van der Waals surface area contributed by atoms with E-state index in [0.717, 1.165) is 25.7 Å². The van der Waals surface area contributed by atoms with Crippen LogP contribution in [0.1, 0.15) is 321 Å². The molecular weight excluding hydrogens is 713 g/mol. The van der Waals surface area contributed by atoms with Gasteiger partial charge in [-0.2, -0.15) is 0 Å². The van der Waals surface area contributed by atoms with Gasteiger partial charge in [-0.25, -0.2) is 0 Å². The third-order valence-corrected chi connectivity index (χ3v) is 12.7. The summed E-state index contributed by atoms with van der Waals surface area (Å²) in [7, 11) is 0. The van der Waals surface area contributed by atoms with Gasteiger partial charge >= 0.3 is 11.9 Å². The van der Waals surface area contributed by atoms with E-state index in [1.807, 2.05) is 0 Å². The molecule has 0 bridgehead atoms. The molecule has 0 radical (unpaired) electrons. The topological polar surface area (TPSA) is 63.6 Å². The van der Waals surface area contributed by atoms with Crippen LogP contribution in [0.4, 0.5) is 0 Å². The number of hydrogen-bond acceptors (Lipinski definition) is 3. The van der Waals surface area contributed by atoms with Crippen molar-refractivity contribution in [2.24, 2.45) is 0 Å². The van der Waals surface area contributed by atoms with Gasteiger partial charge < -0.3 is 9.84 Å². The first-order chi connectivity index (χ1) is 28.7. The molecule has 0 amide bonds. The Balaban J connectivity index is 3.08. The molecule has 0 aromatic rings. The van der Waals surface area contributed by atoms with Crippen molar-refractivity contribution in [3.63, 3.8) is 0 Å². The number of esters is 1. The number of unbranched alkanes of at least 4 members (excludes halogenated alkanes) is 47. The molecule has 0 saturated heterocycles. The third kappa shape index (κ3) is 52.7. The predicted molar refractivity (Wildman–Crippen MR) is 255 cm³/mol. The average Bonchev–Trinajstić information content (AvgIpc) is 3.21. The SMILES string of the molecule is C=COC(=O)CCCCCCCCCCCCCCCCCCCCCCCCCCCCCCCCCCCCCCCCCCCCCCCCCCC(=O)O. The lowest BCUT2D eigenvalue weighted by molar-refractivity contribution is -0.138. The number of aliphatic carboxylic acids is 1. The van der Waals surface area contributed by atoms with E-state index >= 15 is 0 Å². The molecule has 0 spiro atoms. The van der Waals surface area contributed by atoms with E-state index in [0.29, 0.717) is 12.8 Å². The van der Waals surface area contributed by atoms with Crippen molar-refractivity contribution in [1.82, 2.24) is 0 Å². The lowest BCUT2D eigenvalue weighted by Crippen LogP contribution is -1.98. The number of carbonyl (C=O) groups is 2. The molecule has 0 heterocycles. The Morgan fingerprint density at radius 2 is 0.414 bits per heavy atom. The van der Waals surface area contributed by atoms with Crippen molar-refractivity contribution in [1.29, 1.82) is 0 Å². The van der Waals surface area contributed by atoms with Gasteiger partial charge in [0.25, 0.3) is 0 Å². The molecule has 0 atom stereocenters. The third-order valence-electron chi connectivity index (χ3n) is 12.7. The van der Waals surface area contributed by atoms with Gasteiger partial charge in [0.15, 0.2) is 0 Å². The van der Waals surface area contributed by atoms with Crippen LogP contribution in [0.5, 0.6) is 0 Å². The molecule has 0 unspecified atom stereocenters. The zero-order chi connectivity index (χ0) is 41.9. The van der Waals surface area contributed by atoms with E-state index < -0.39 is 5.97 Å². The van der Waals surface area contributed by atoms with Crippen LogP contribution in [0.3, 0.4) is 0 Å². The van der Waals surface area contributed by atoms with Crippen molar-refractivity contribution < 1.29 is 19.4 Å². The molecular formula is C54H104O4. The standard InChI is InChI=1S/C54H104O4/c1-2-58-54(57)52-50-48-46-44-42-40-38-36-34-32-30-28-26-24-22-20-18-16-14-12-10-8-6-4-3-5-7-9-11-13-15-17-19-21-23-25-27-29-31-33-35-37-39-41-43-45-47-49-51-53(55)56/h2H,1,3-52H2,(H,55,56). The zero-order valence-electron chi connectivity index (χ0n) is 39.3. The highest BCUT2D eigenvalue weighted by Crippen LogP contribution is 2.19. The fourth-order valence-corrected chi connectivity index (χ4v) is 8.83.